The maximum atomic E-state index is 12.7. The van der Waals surface area contributed by atoms with Gasteiger partial charge in [0.05, 0.1) is 16.5 Å². The molecule has 3 rings (SSSR count). The van der Waals surface area contributed by atoms with Crippen molar-refractivity contribution >= 4 is 35.2 Å². The summed E-state index contributed by atoms with van der Waals surface area (Å²) >= 11 is 1.13. The van der Waals surface area contributed by atoms with Crippen molar-refractivity contribution in [3.05, 3.63) is 59.7 Å². The molecule has 2 aromatic carbocycles. The molecular weight excluding hydrogens is 326 g/mol. The third-order valence-corrected chi connectivity index (χ3v) is 5.01. The minimum Gasteiger partial charge on any atom is -0.478 e. The number of aryl methyl sites for hydroxylation is 1. The molecule has 0 aliphatic carbocycles. The van der Waals surface area contributed by atoms with Gasteiger partial charge in [0, 0.05) is 11.3 Å². The van der Waals surface area contributed by atoms with Crippen LogP contribution in [-0.4, -0.2) is 28.1 Å². The van der Waals surface area contributed by atoms with E-state index in [0.29, 0.717) is 10.6 Å². The topological polar surface area (TPSA) is 74.7 Å². The van der Waals surface area contributed by atoms with E-state index in [0.717, 1.165) is 17.3 Å². The highest BCUT2D eigenvalue weighted by Gasteiger charge is 2.40. The number of carboxylic acids is 1. The predicted molar refractivity (Wildman–Crippen MR) is 91.3 cm³/mol. The van der Waals surface area contributed by atoms with Gasteiger partial charge in [-0.25, -0.2) is 9.69 Å². The Balaban J connectivity index is 1.86. The summed E-state index contributed by atoms with van der Waals surface area (Å²) in [7, 11) is 0. The molecule has 1 N–H and O–H groups in total. The van der Waals surface area contributed by atoms with Crippen LogP contribution >= 0.6 is 11.8 Å². The molecule has 5 nitrogen and oxygen atoms in total. The monoisotopic (exact) mass is 341 g/mol. The van der Waals surface area contributed by atoms with E-state index in [-0.39, 0.29) is 23.8 Å². The molecule has 1 saturated heterocycles. The fourth-order valence-electron chi connectivity index (χ4n) is 2.63. The second kappa shape index (κ2) is 6.49. The fourth-order valence-corrected chi connectivity index (χ4v) is 3.81. The van der Waals surface area contributed by atoms with Gasteiger partial charge in [-0.2, -0.15) is 0 Å². The van der Waals surface area contributed by atoms with Gasteiger partial charge in [-0.15, -0.1) is 11.8 Å². The van der Waals surface area contributed by atoms with Crippen LogP contribution in [0, 0.1) is 6.92 Å². The number of aromatic carboxylic acids is 1. The third kappa shape index (κ3) is 3.05. The number of hydrogen-bond donors (Lipinski definition) is 1. The number of thioether (sulfide) groups is 1. The molecule has 1 fully saturated rings. The summed E-state index contributed by atoms with van der Waals surface area (Å²) in [5.41, 5.74) is 1.65. The predicted octanol–water partition coefficient (Wildman–Crippen LogP) is 3.12. The van der Waals surface area contributed by atoms with Crippen molar-refractivity contribution in [3.63, 3.8) is 0 Å². The lowest BCUT2D eigenvalue weighted by atomic mass is 10.2. The maximum absolute atomic E-state index is 12.7. The van der Waals surface area contributed by atoms with Crippen LogP contribution in [0.1, 0.15) is 22.3 Å². The quantitative estimate of drug-likeness (QED) is 0.865. The number of hydrogen-bond acceptors (Lipinski definition) is 4. The number of carbonyl (C=O) groups is 3. The van der Waals surface area contributed by atoms with Gasteiger partial charge in [0.1, 0.15) is 0 Å². The molecule has 0 radical (unpaired) electrons. The van der Waals surface area contributed by atoms with E-state index >= 15 is 0 Å². The molecule has 0 aromatic heterocycles. The number of rotatable bonds is 4. The molecule has 6 heteroatoms. The van der Waals surface area contributed by atoms with E-state index < -0.39 is 11.2 Å². The Morgan fingerprint density at radius 1 is 1.17 bits per heavy atom. The van der Waals surface area contributed by atoms with Crippen molar-refractivity contribution in [2.24, 2.45) is 0 Å². The molecular formula is C18H15NO4S. The molecule has 1 aliphatic rings. The van der Waals surface area contributed by atoms with Crippen LogP contribution in [-0.2, 0) is 9.59 Å². The molecule has 1 atom stereocenters. The number of imide groups is 1. The lowest BCUT2D eigenvalue weighted by Crippen LogP contribution is -2.31. The zero-order valence-corrected chi connectivity index (χ0v) is 13.7. The summed E-state index contributed by atoms with van der Waals surface area (Å²) in [5.74, 6) is -1.63. The number of amides is 2. The summed E-state index contributed by atoms with van der Waals surface area (Å²) in [4.78, 5) is 37.9. The Bertz CT molecular complexity index is 833. The Morgan fingerprint density at radius 3 is 2.62 bits per heavy atom. The van der Waals surface area contributed by atoms with Crippen LogP contribution in [0.4, 0.5) is 5.69 Å². The van der Waals surface area contributed by atoms with Gasteiger partial charge >= 0.3 is 5.97 Å². The minimum atomic E-state index is -1.05. The van der Waals surface area contributed by atoms with Crippen LogP contribution in [0.25, 0.3) is 0 Å². The van der Waals surface area contributed by atoms with E-state index in [1.165, 1.54) is 11.0 Å². The van der Waals surface area contributed by atoms with Gasteiger partial charge in [-0.1, -0.05) is 24.3 Å². The standard InChI is InChI=1S/C18H15NO4S/c1-11-5-4-6-12(9-11)19-16(20)10-15(17(19)21)24-14-8-3-2-7-13(14)18(22)23/h2-9,15H,10H2,1H3,(H,22,23)/t15-/m1/s1. The van der Waals surface area contributed by atoms with Crippen molar-refractivity contribution in [3.8, 4) is 0 Å². The number of nitrogens with zero attached hydrogens (tertiary/aromatic N) is 1. The average molecular weight is 341 g/mol. The summed E-state index contributed by atoms with van der Waals surface area (Å²) in [6.07, 6.45) is 0.0609. The van der Waals surface area contributed by atoms with E-state index in [1.807, 2.05) is 13.0 Å². The van der Waals surface area contributed by atoms with Crippen LogP contribution in [0.2, 0.25) is 0 Å². The smallest absolute Gasteiger partial charge is 0.336 e. The molecule has 0 spiro atoms. The van der Waals surface area contributed by atoms with E-state index in [9.17, 15) is 19.5 Å². The number of carboxylic acid groups (broad SMARTS) is 1. The highest BCUT2D eigenvalue weighted by Crippen LogP contribution is 2.35. The zero-order valence-electron chi connectivity index (χ0n) is 12.9. The van der Waals surface area contributed by atoms with E-state index in [2.05, 4.69) is 0 Å². The molecule has 1 aliphatic heterocycles. The summed E-state index contributed by atoms with van der Waals surface area (Å²) < 4.78 is 0. The van der Waals surface area contributed by atoms with Crippen molar-refractivity contribution < 1.29 is 19.5 Å². The van der Waals surface area contributed by atoms with Gasteiger partial charge in [0.15, 0.2) is 0 Å². The van der Waals surface area contributed by atoms with Crippen molar-refractivity contribution in [2.75, 3.05) is 4.90 Å². The first-order valence-electron chi connectivity index (χ1n) is 7.40. The van der Waals surface area contributed by atoms with Gasteiger partial charge in [0.2, 0.25) is 11.8 Å². The molecule has 0 bridgehead atoms. The maximum Gasteiger partial charge on any atom is 0.336 e. The van der Waals surface area contributed by atoms with Crippen molar-refractivity contribution in [1.82, 2.24) is 0 Å². The van der Waals surface area contributed by atoms with Crippen molar-refractivity contribution in [2.45, 2.75) is 23.5 Å². The van der Waals surface area contributed by atoms with Crippen LogP contribution < -0.4 is 4.90 Å². The zero-order chi connectivity index (χ0) is 17.3. The highest BCUT2D eigenvalue weighted by molar-refractivity contribution is 8.00. The Labute approximate surface area is 143 Å². The summed E-state index contributed by atoms with van der Waals surface area (Å²) in [6, 6.07) is 13.7. The molecule has 0 unspecified atom stereocenters. The molecule has 2 amide bonds. The third-order valence-electron chi connectivity index (χ3n) is 3.75. The molecule has 0 saturated carbocycles. The SMILES string of the molecule is Cc1cccc(N2C(=O)C[C@@H](Sc3ccccc3C(=O)O)C2=O)c1. The van der Waals surface area contributed by atoms with Gasteiger partial charge in [-0.05, 0) is 36.8 Å². The van der Waals surface area contributed by atoms with E-state index in [4.69, 9.17) is 0 Å². The molecule has 122 valence electrons. The van der Waals surface area contributed by atoms with Crippen molar-refractivity contribution in [1.29, 1.82) is 0 Å². The highest BCUT2D eigenvalue weighted by atomic mass is 32.2. The van der Waals surface area contributed by atoms with Crippen LogP contribution in [0.15, 0.2) is 53.4 Å². The first-order chi connectivity index (χ1) is 11.5. The average Bonchev–Trinajstić information content (AvgIpc) is 2.81. The summed E-state index contributed by atoms with van der Waals surface area (Å²) in [6.45, 7) is 1.89. The Morgan fingerprint density at radius 2 is 1.92 bits per heavy atom. The van der Waals surface area contributed by atoms with E-state index in [1.54, 1.807) is 36.4 Å². The number of benzene rings is 2. The Kier molecular flexibility index (Phi) is 4.40. The number of anilines is 1. The second-order valence-electron chi connectivity index (χ2n) is 5.52. The molecule has 24 heavy (non-hydrogen) atoms. The minimum absolute atomic E-state index is 0.0609. The van der Waals surface area contributed by atoms with Gasteiger partial charge in [-0.3, -0.25) is 9.59 Å². The molecule has 1 heterocycles. The fraction of sp³-hybridized carbons (Fsp3) is 0.167. The lowest BCUT2D eigenvalue weighted by Gasteiger charge is -2.15. The largest absolute Gasteiger partial charge is 0.478 e. The van der Waals surface area contributed by atoms with Crippen LogP contribution in [0.5, 0.6) is 0 Å². The Hall–Kier alpha value is -2.60. The number of carbonyl (C=O) groups excluding carboxylic acids is 2. The normalized spacial score (nSPS) is 17.4. The van der Waals surface area contributed by atoms with Gasteiger partial charge < -0.3 is 5.11 Å². The lowest BCUT2D eigenvalue weighted by molar-refractivity contribution is -0.121. The second-order valence-corrected chi connectivity index (χ2v) is 6.76. The first-order valence-corrected chi connectivity index (χ1v) is 8.28. The molecule has 2 aromatic rings. The van der Waals surface area contributed by atoms with Gasteiger partial charge in [0.25, 0.3) is 0 Å². The first kappa shape index (κ1) is 16.3. The van der Waals surface area contributed by atoms with Crippen LogP contribution in [0.3, 0.4) is 0 Å². The summed E-state index contributed by atoms with van der Waals surface area (Å²) in [5, 5.41) is 8.63.